The summed E-state index contributed by atoms with van der Waals surface area (Å²) in [5, 5.41) is 0. The molecular weight excluding hydrogens is 244 g/mol. The SMILES string of the molecule is C[Si](C)C.Cc1cc2c([c-]1C)CCCC2.[Ti]. The Morgan fingerprint density at radius 3 is 2.12 bits per heavy atom. The summed E-state index contributed by atoms with van der Waals surface area (Å²) in [5.74, 6) is 0. The van der Waals surface area contributed by atoms with E-state index in [1.807, 2.05) is 0 Å². The Hall–Kier alpha value is 0.281. The maximum atomic E-state index is 2.38. The molecule has 0 heterocycles. The monoisotopic (exact) mass is 268 g/mol. The minimum absolute atomic E-state index is 0. The van der Waals surface area contributed by atoms with Gasteiger partial charge in [0, 0.05) is 30.5 Å². The molecule has 89 valence electrons. The molecule has 0 bridgehead atoms. The van der Waals surface area contributed by atoms with Crippen LogP contribution < -0.4 is 0 Å². The summed E-state index contributed by atoms with van der Waals surface area (Å²) in [6, 6.07) is 2.38. The molecule has 0 unspecified atom stereocenters. The van der Waals surface area contributed by atoms with E-state index in [0.29, 0.717) is 0 Å². The van der Waals surface area contributed by atoms with Crippen LogP contribution in [-0.4, -0.2) is 8.80 Å². The molecule has 1 aromatic rings. The maximum Gasteiger partial charge on any atom is 0.0379 e. The van der Waals surface area contributed by atoms with Gasteiger partial charge in [-0.05, 0) is 0 Å². The fourth-order valence-corrected chi connectivity index (χ4v) is 2.12. The molecule has 1 aliphatic rings. The van der Waals surface area contributed by atoms with Gasteiger partial charge in [-0.1, -0.05) is 59.2 Å². The van der Waals surface area contributed by atoms with Crippen molar-refractivity contribution < 1.29 is 21.7 Å². The number of rotatable bonds is 0. The second-order valence-corrected chi connectivity index (χ2v) is 8.16. The van der Waals surface area contributed by atoms with Crippen molar-refractivity contribution >= 4 is 8.80 Å². The van der Waals surface area contributed by atoms with Crippen LogP contribution in [0.3, 0.4) is 0 Å². The van der Waals surface area contributed by atoms with Crippen LogP contribution in [0.1, 0.15) is 35.1 Å². The second-order valence-electron chi connectivity index (χ2n) is 5.16. The topological polar surface area (TPSA) is 0 Å². The molecule has 0 aromatic heterocycles. The molecule has 16 heavy (non-hydrogen) atoms. The molecule has 0 saturated heterocycles. The molecule has 0 saturated carbocycles. The van der Waals surface area contributed by atoms with E-state index in [9.17, 15) is 0 Å². The maximum absolute atomic E-state index is 2.38. The largest absolute Gasteiger partial charge is 0.207 e. The van der Waals surface area contributed by atoms with E-state index in [0.717, 1.165) is 0 Å². The smallest absolute Gasteiger partial charge is 0.0379 e. The van der Waals surface area contributed by atoms with Gasteiger partial charge in [0.25, 0.3) is 0 Å². The van der Waals surface area contributed by atoms with Gasteiger partial charge in [0.2, 0.25) is 0 Å². The van der Waals surface area contributed by atoms with E-state index in [2.05, 4.69) is 39.6 Å². The Labute approximate surface area is 118 Å². The van der Waals surface area contributed by atoms with Crippen LogP contribution >= 0.6 is 0 Å². The zero-order valence-electron chi connectivity index (χ0n) is 11.4. The first kappa shape index (κ1) is 16.3. The van der Waals surface area contributed by atoms with E-state index in [1.165, 1.54) is 31.2 Å². The zero-order chi connectivity index (χ0) is 11.4. The first-order valence-corrected chi connectivity index (χ1v) is 9.03. The van der Waals surface area contributed by atoms with E-state index in [1.54, 1.807) is 16.7 Å². The standard InChI is InChI=1S/C11H15.C3H9Si.Ti/c1-8-7-10-5-3-4-6-11(10)9(8)2;1-4(2)3;/h7H,3-6H2,1-2H3;1-3H3;/q-1;;. The molecule has 1 aliphatic carbocycles. The van der Waals surface area contributed by atoms with Crippen LogP contribution in [0.25, 0.3) is 0 Å². The molecule has 0 spiro atoms. The summed E-state index contributed by atoms with van der Waals surface area (Å²) in [7, 11) is 0.120. The van der Waals surface area contributed by atoms with Gasteiger partial charge in [-0.3, -0.25) is 0 Å². The number of aryl methyl sites for hydroxylation is 2. The third-order valence-corrected chi connectivity index (χ3v) is 2.95. The van der Waals surface area contributed by atoms with Crippen molar-refractivity contribution in [3.8, 4) is 0 Å². The van der Waals surface area contributed by atoms with E-state index in [4.69, 9.17) is 0 Å². The van der Waals surface area contributed by atoms with Crippen LogP contribution in [0.4, 0.5) is 0 Å². The Bertz CT molecular complexity index is 310. The van der Waals surface area contributed by atoms with Crippen molar-refractivity contribution in [3.05, 3.63) is 28.3 Å². The van der Waals surface area contributed by atoms with Gasteiger partial charge in [-0.2, -0.15) is 22.3 Å². The fourth-order valence-electron chi connectivity index (χ4n) is 2.12. The number of fused-ring (bicyclic) bond motifs is 1. The van der Waals surface area contributed by atoms with Gasteiger partial charge in [0.05, 0.1) is 0 Å². The van der Waals surface area contributed by atoms with Gasteiger partial charge in [0.1, 0.15) is 0 Å². The summed E-state index contributed by atoms with van der Waals surface area (Å²) in [6.45, 7) is 11.3. The van der Waals surface area contributed by atoms with Crippen molar-refractivity contribution in [3.63, 3.8) is 0 Å². The molecule has 0 N–H and O–H groups in total. The minimum Gasteiger partial charge on any atom is -0.207 e. The van der Waals surface area contributed by atoms with Crippen LogP contribution in [0.2, 0.25) is 19.6 Å². The third-order valence-electron chi connectivity index (χ3n) is 2.95. The van der Waals surface area contributed by atoms with Crippen molar-refractivity contribution in [2.24, 2.45) is 0 Å². The summed E-state index contributed by atoms with van der Waals surface area (Å²) >= 11 is 0. The predicted molar refractivity (Wildman–Crippen MR) is 71.5 cm³/mol. The minimum atomic E-state index is 0. The fraction of sp³-hybridized carbons (Fsp3) is 0.643. The Kier molecular flexibility index (Phi) is 7.71. The molecule has 1 radical (unpaired) electrons. The van der Waals surface area contributed by atoms with E-state index < -0.39 is 0 Å². The van der Waals surface area contributed by atoms with Crippen molar-refractivity contribution in [2.75, 3.05) is 0 Å². The average molecular weight is 268 g/mol. The Morgan fingerprint density at radius 1 is 1.12 bits per heavy atom. The third kappa shape index (κ3) is 4.65. The van der Waals surface area contributed by atoms with Gasteiger partial charge in [0.15, 0.2) is 0 Å². The summed E-state index contributed by atoms with van der Waals surface area (Å²) < 4.78 is 0. The number of hydrogen-bond donors (Lipinski definition) is 0. The van der Waals surface area contributed by atoms with Gasteiger partial charge < -0.3 is 0 Å². The normalized spacial score (nSPS) is 13.6. The van der Waals surface area contributed by atoms with Crippen molar-refractivity contribution in [1.29, 1.82) is 0 Å². The van der Waals surface area contributed by atoms with Gasteiger partial charge >= 0.3 is 0 Å². The van der Waals surface area contributed by atoms with Crippen LogP contribution in [-0.2, 0) is 34.6 Å². The first-order chi connectivity index (χ1) is 7.02. The average Bonchev–Trinajstić information content (AvgIpc) is 2.43. The van der Waals surface area contributed by atoms with Crippen molar-refractivity contribution in [2.45, 2.75) is 59.2 Å². The van der Waals surface area contributed by atoms with Gasteiger partial charge in [-0.25, -0.2) is 6.07 Å². The van der Waals surface area contributed by atoms with E-state index in [-0.39, 0.29) is 30.5 Å². The molecule has 1 aromatic carbocycles. The van der Waals surface area contributed by atoms with E-state index >= 15 is 0 Å². The second kappa shape index (κ2) is 7.58. The summed E-state index contributed by atoms with van der Waals surface area (Å²) in [6.07, 6.45) is 5.45. The first-order valence-electron chi connectivity index (χ1n) is 6.03. The van der Waals surface area contributed by atoms with Crippen molar-refractivity contribution in [1.82, 2.24) is 0 Å². The molecule has 0 atom stereocenters. The summed E-state index contributed by atoms with van der Waals surface area (Å²) in [4.78, 5) is 0. The molecular formula is C14H24SiTi-. The molecule has 2 heteroatoms. The van der Waals surface area contributed by atoms with Gasteiger partial charge in [-0.15, -0.1) is 0 Å². The Balaban J connectivity index is 0.000000397. The zero-order valence-corrected chi connectivity index (χ0v) is 14.0. The number of hydrogen-bond acceptors (Lipinski definition) is 0. The van der Waals surface area contributed by atoms with Crippen LogP contribution in [0, 0.1) is 13.8 Å². The molecule has 0 aliphatic heterocycles. The molecule has 2 rings (SSSR count). The molecule has 0 nitrogen and oxygen atoms in total. The predicted octanol–water partition coefficient (Wildman–Crippen LogP) is 4.27. The Morgan fingerprint density at radius 2 is 1.62 bits per heavy atom. The molecule has 0 fully saturated rings. The molecule has 0 amide bonds. The quantitative estimate of drug-likeness (QED) is 0.487. The summed E-state index contributed by atoms with van der Waals surface area (Å²) in [5.41, 5.74) is 6.34. The van der Waals surface area contributed by atoms with Crippen LogP contribution in [0.15, 0.2) is 6.07 Å². The van der Waals surface area contributed by atoms with Crippen LogP contribution in [0.5, 0.6) is 0 Å².